The maximum atomic E-state index is 13.0. The van der Waals surface area contributed by atoms with Gasteiger partial charge in [-0.2, -0.15) is 8.42 Å². The Hall–Kier alpha value is -3.92. The first-order valence-corrected chi connectivity index (χ1v) is 13.4. The summed E-state index contributed by atoms with van der Waals surface area (Å²) in [4.78, 5) is 25.9. The van der Waals surface area contributed by atoms with Crippen molar-refractivity contribution in [3.63, 3.8) is 0 Å². The van der Waals surface area contributed by atoms with Crippen molar-refractivity contribution >= 4 is 38.7 Å². The van der Waals surface area contributed by atoms with Gasteiger partial charge in [0.2, 0.25) is 11.9 Å². The van der Waals surface area contributed by atoms with Gasteiger partial charge in [-0.25, -0.2) is 4.98 Å². The zero-order valence-corrected chi connectivity index (χ0v) is 20.2. The number of hydrogen-bond acceptors (Lipinski definition) is 7. The van der Waals surface area contributed by atoms with E-state index in [1.54, 1.807) is 36.5 Å². The Balaban J connectivity index is 1.18. The Kier molecular flexibility index (Phi) is 5.60. The maximum absolute atomic E-state index is 13.0. The fourth-order valence-corrected chi connectivity index (χ4v) is 5.56. The van der Waals surface area contributed by atoms with E-state index in [-0.39, 0.29) is 28.5 Å². The highest BCUT2D eigenvalue weighted by Crippen LogP contribution is 2.36. The van der Waals surface area contributed by atoms with Crippen molar-refractivity contribution in [1.29, 1.82) is 0 Å². The van der Waals surface area contributed by atoms with Crippen LogP contribution in [-0.4, -0.2) is 35.8 Å². The van der Waals surface area contributed by atoms with Crippen molar-refractivity contribution in [3.05, 3.63) is 72.6 Å². The van der Waals surface area contributed by atoms with E-state index in [2.05, 4.69) is 31.2 Å². The summed E-state index contributed by atoms with van der Waals surface area (Å²) in [5.74, 6) is 0.494. The lowest BCUT2D eigenvalue weighted by molar-refractivity contribution is -0.117. The van der Waals surface area contributed by atoms with Gasteiger partial charge >= 0.3 is 10.1 Å². The smallest absolute Gasteiger partial charge is 0.339 e. The van der Waals surface area contributed by atoms with E-state index in [1.165, 1.54) is 0 Å². The SMILES string of the molecule is O=C(Nc1nc2ccc(OS(=O)(=O)c3ccc(N4CCCC4c4cccnc4)cc3)cc2[nH]1)C1CC1. The molecule has 0 spiro atoms. The van der Waals surface area contributed by atoms with Crippen LogP contribution in [0.5, 0.6) is 5.75 Å². The van der Waals surface area contributed by atoms with Crippen molar-refractivity contribution in [2.24, 2.45) is 5.92 Å². The number of nitrogens with zero attached hydrogens (tertiary/aromatic N) is 3. The van der Waals surface area contributed by atoms with Gasteiger partial charge in [-0.15, -0.1) is 0 Å². The minimum Gasteiger partial charge on any atom is -0.379 e. The van der Waals surface area contributed by atoms with E-state index in [4.69, 9.17) is 4.18 Å². The first-order chi connectivity index (χ1) is 17.5. The second-order valence-corrected chi connectivity index (χ2v) is 10.7. The summed E-state index contributed by atoms with van der Waals surface area (Å²) in [5, 5.41) is 2.76. The van der Waals surface area contributed by atoms with Crippen LogP contribution in [0, 0.1) is 5.92 Å². The number of H-pyrrole nitrogens is 1. The third-order valence-corrected chi connectivity index (χ3v) is 7.89. The molecule has 0 radical (unpaired) electrons. The molecule has 0 bridgehead atoms. The third-order valence-electron chi connectivity index (χ3n) is 6.63. The number of rotatable bonds is 7. The van der Waals surface area contributed by atoms with Crippen LogP contribution in [0.25, 0.3) is 11.0 Å². The lowest BCUT2D eigenvalue weighted by Crippen LogP contribution is -2.22. The summed E-state index contributed by atoms with van der Waals surface area (Å²) in [6.45, 7) is 0.898. The van der Waals surface area contributed by atoms with E-state index in [0.29, 0.717) is 17.0 Å². The zero-order valence-electron chi connectivity index (χ0n) is 19.4. The summed E-state index contributed by atoms with van der Waals surface area (Å²) in [6.07, 6.45) is 7.52. The topological polar surface area (TPSA) is 117 Å². The number of pyridine rings is 1. The predicted octanol–water partition coefficient (Wildman–Crippen LogP) is 4.42. The summed E-state index contributed by atoms with van der Waals surface area (Å²) in [5.41, 5.74) is 3.28. The first-order valence-electron chi connectivity index (χ1n) is 12.0. The van der Waals surface area contributed by atoms with Gasteiger partial charge < -0.3 is 14.1 Å². The number of imidazole rings is 1. The van der Waals surface area contributed by atoms with Gasteiger partial charge in [0, 0.05) is 36.6 Å². The molecule has 1 amide bonds. The Morgan fingerprint density at radius 2 is 1.92 bits per heavy atom. The van der Waals surface area contributed by atoms with Gasteiger partial charge in [0.15, 0.2) is 0 Å². The van der Waals surface area contributed by atoms with Gasteiger partial charge in [0.05, 0.1) is 17.1 Å². The molecule has 6 rings (SSSR count). The molecule has 1 saturated heterocycles. The molecule has 1 saturated carbocycles. The minimum absolute atomic E-state index is 0.0559. The molecular weight excluding hydrogens is 478 g/mol. The number of aromatic amines is 1. The van der Waals surface area contributed by atoms with Crippen LogP contribution in [0.4, 0.5) is 11.6 Å². The standard InChI is InChI=1S/C26H25N5O4S/c32-25(17-5-6-17)30-26-28-22-12-9-20(15-23(22)29-26)35-36(33,34)21-10-7-19(8-11-21)31-14-2-4-24(31)18-3-1-13-27-16-18/h1,3,7-13,15-17,24H,2,4-6,14H2,(H2,28,29,30,32). The van der Waals surface area contributed by atoms with Gasteiger partial charge in [-0.1, -0.05) is 6.07 Å². The molecule has 2 aromatic carbocycles. The summed E-state index contributed by atoms with van der Waals surface area (Å²) in [7, 11) is -4.04. The second-order valence-electron chi connectivity index (χ2n) is 9.20. The molecule has 1 aliphatic heterocycles. The molecule has 9 nitrogen and oxygen atoms in total. The lowest BCUT2D eigenvalue weighted by atomic mass is 10.1. The van der Waals surface area contributed by atoms with Crippen LogP contribution < -0.4 is 14.4 Å². The van der Waals surface area contributed by atoms with Crippen LogP contribution in [0.1, 0.15) is 37.3 Å². The monoisotopic (exact) mass is 503 g/mol. The number of carbonyl (C=O) groups is 1. The molecule has 10 heteroatoms. The first kappa shape index (κ1) is 22.5. The molecule has 1 atom stereocenters. The molecule has 1 unspecified atom stereocenters. The van der Waals surface area contributed by atoms with Crippen molar-refractivity contribution < 1.29 is 17.4 Å². The fraction of sp³-hybridized carbons (Fsp3) is 0.269. The Morgan fingerprint density at radius 3 is 2.67 bits per heavy atom. The quantitative estimate of drug-likeness (QED) is 0.359. The molecule has 2 aliphatic rings. The molecule has 2 N–H and O–H groups in total. The summed E-state index contributed by atoms with van der Waals surface area (Å²) >= 11 is 0. The lowest BCUT2D eigenvalue weighted by Gasteiger charge is -2.27. The Morgan fingerprint density at radius 1 is 1.08 bits per heavy atom. The number of anilines is 2. The van der Waals surface area contributed by atoms with Gasteiger partial charge in [0.25, 0.3) is 0 Å². The van der Waals surface area contributed by atoms with Crippen molar-refractivity contribution in [2.45, 2.75) is 36.6 Å². The molecule has 2 aromatic heterocycles. The van der Waals surface area contributed by atoms with Crippen LogP contribution in [0.2, 0.25) is 0 Å². The number of hydrogen-bond donors (Lipinski definition) is 2. The van der Waals surface area contributed by atoms with E-state index >= 15 is 0 Å². The molecule has 36 heavy (non-hydrogen) atoms. The van der Waals surface area contributed by atoms with Gasteiger partial charge in [-0.3, -0.25) is 15.1 Å². The number of fused-ring (bicyclic) bond motifs is 1. The van der Waals surface area contributed by atoms with E-state index in [0.717, 1.165) is 43.5 Å². The molecule has 2 fully saturated rings. The third kappa shape index (κ3) is 4.51. The van der Waals surface area contributed by atoms with Gasteiger partial charge in [0.1, 0.15) is 10.6 Å². The highest BCUT2D eigenvalue weighted by molar-refractivity contribution is 7.87. The van der Waals surface area contributed by atoms with Crippen molar-refractivity contribution in [2.75, 3.05) is 16.8 Å². The fourth-order valence-electron chi connectivity index (χ4n) is 4.64. The van der Waals surface area contributed by atoms with E-state index in [1.807, 2.05) is 24.4 Å². The van der Waals surface area contributed by atoms with Crippen LogP contribution in [0.3, 0.4) is 0 Å². The van der Waals surface area contributed by atoms with E-state index in [9.17, 15) is 13.2 Å². The van der Waals surface area contributed by atoms with Crippen molar-refractivity contribution in [1.82, 2.24) is 15.0 Å². The Bertz CT molecular complexity index is 1520. The largest absolute Gasteiger partial charge is 0.379 e. The maximum Gasteiger partial charge on any atom is 0.339 e. The molecule has 184 valence electrons. The molecule has 1 aliphatic carbocycles. The molecular formula is C26H25N5O4S. The van der Waals surface area contributed by atoms with Crippen LogP contribution >= 0.6 is 0 Å². The van der Waals surface area contributed by atoms with Gasteiger partial charge in [-0.05, 0) is 73.7 Å². The zero-order chi connectivity index (χ0) is 24.7. The highest BCUT2D eigenvalue weighted by atomic mass is 32.2. The number of nitrogens with one attached hydrogen (secondary N) is 2. The summed E-state index contributed by atoms with van der Waals surface area (Å²) < 4.78 is 31.3. The van der Waals surface area contributed by atoms with Crippen LogP contribution in [-0.2, 0) is 14.9 Å². The average molecular weight is 504 g/mol. The van der Waals surface area contributed by atoms with E-state index < -0.39 is 10.1 Å². The minimum atomic E-state index is -4.04. The molecule has 3 heterocycles. The average Bonchev–Trinajstić information content (AvgIpc) is 3.49. The second kappa shape index (κ2) is 8.94. The van der Waals surface area contributed by atoms with Crippen molar-refractivity contribution in [3.8, 4) is 5.75 Å². The number of carbonyl (C=O) groups excluding carboxylic acids is 1. The Labute approximate surface area is 208 Å². The highest BCUT2D eigenvalue weighted by Gasteiger charge is 2.30. The predicted molar refractivity (Wildman–Crippen MR) is 135 cm³/mol. The number of aromatic nitrogens is 3. The summed E-state index contributed by atoms with van der Waals surface area (Å²) in [6, 6.07) is 15.8. The number of benzene rings is 2. The molecule has 4 aromatic rings. The van der Waals surface area contributed by atoms with Crippen LogP contribution in [0.15, 0.2) is 71.9 Å². The number of amides is 1. The normalized spacial score (nSPS) is 17.9.